The summed E-state index contributed by atoms with van der Waals surface area (Å²) in [5.41, 5.74) is 1.09. The molecule has 1 aliphatic heterocycles. The lowest BCUT2D eigenvalue weighted by Crippen LogP contribution is -2.41. The van der Waals surface area contributed by atoms with E-state index in [9.17, 15) is 4.79 Å². The Balaban J connectivity index is 1.52. The summed E-state index contributed by atoms with van der Waals surface area (Å²) in [5.74, 6) is 0.986. The van der Waals surface area contributed by atoms with Crippen molar-refractivity contribution in [2.45, 2.75) is 76.3 Å². The van der Waals surface area contributed by atoms with Crippen molar-refractivity contribution in [2.75, 3.05) is 7.11 Å². The number of amidine groups is 1. The van der Waals surface area contributed by atoms with Crippen LogP contribution in [-0.4, -0.2) is 35.2 Å². The number of benzene rings is 1. The van der Waals surface area contributed by atoms with E-state index in [-0.39, 0.29) is 5.91 Å². The predicted octanol–water partition coefficient (Wildman–Crippen LogP) is 6.19. The van der Waals surface area contributed by atoms with E-state index >= 15 is 0 Å². The van der Waals surface area contributed by atoms with Gasteiger partial charge in [0, 0.05) is 6.04 Å². The van der Waals surface area contributed by atoms with Gasteiger partial charge in [0.2, 0.25) is 0 Å². The van der Waals surface area contributed by atoms with Gasteiger partial charge in [0.25, 0.3) is 5.91 Å². The Morgan fingerprint density at radius 2 is 1.67 bits per heavy atom. The third kappa shape index (κ3) is 5.18. The molecule has 2 aliphatic carbocycles. The number of hydrogen-bond acceptors (Lipinski definition) is 4. The Bertz CT molecular complexity index is 816. The fourth-order valence-electron chi connectivity index (χ4n) is 4.58. The Labute approximate surface area is 184 Å². The minimum atomic E-state index is 0.140. The molecular formula is C25H32N2O2S. The molecule has 4 rings (SSSR count). The summed E-state index contributed by atoms with van der Waals surface area (Å²) in [6.07, 6.45) is 18.0. The molecule has 0 atom stereocenters. The molecule has 2 saturated carbocycles. The smallest absolute Gasteiger partial charge is 0.266 e. The molecule has 1 aromatic rings. The maximum atomic E-state index is 13.3. The quantitative estimate of drug-likeness (QED) is 0.529. The highest BCUT2D eigenvalue weighted by molar-refractivity contribution is 8.18. The van der Waals surface area contributed by atoms with Gasteiger partial charge in [-0.05, 0) is 61.2 Å². The highest BCUT2D eigenvalue weighted by Crippen LogP contribution is 2.37. The van der Waals surface area contributed by atoms with Crippen LogP contribution in [0.3, 0.4) is 0 Å². The van der Waals surface area contributed by atoms with Crippen molar-refractivity contribution in [3.8, 4) is 5.75 Å². The average Bonchev–Trinajstić information content (AvgIpc) is 3.10. The van der Waals surface area contributed by atoms with E-state index in [2.05, 4.69) is 0 Å². The Kier molecular flexibility index (Phi) is 7.32. The molecule has 4 nitrogen and oxygen atoms in total. The molecule has 0 aromatic heterocycles. The average molecular weight is 425 g/mol. The van der Waals surface area contributed by atoms with Crippen molar-refractivity contribution < 1.29 is 9.53 Å². The minimum Gasteiger partial charge on any atom is -0.497 e. The summed E-state index contributed by atoms with van der Waals surface area (Å²) < 4.78 is 5.21. The van der Waals surface area contributed by atoms with Gasteiger partial charge in [-0.3, -0.25) is 14.7 Å². The number of aliphatic imine (C=N–C) groups is 1. The van der Waals surface area contributed by atoms with E-state index < -0.39 is 0 Å². The van der Waals surface area contributed by atoms with Gasteiger partial charge < -0.3 is 4.74 Å². The van der Waals surface area contributed by atoms with Gasteiger partial charge in [0.1, 0.15) is 5.75 Å². The van der Waals surface area contributed by atoms with Crippen molar-refractivity contribution in [2.24, 2.45) is 4.99 Å². The fraction of sp³-hybridized carbons (Fsp3) is 0.520. The molecule has 0 bridgehead atoms. The monoisotopic (exact) mass is 424 g/mol. The summed E-state index contributed by atoms with van der Waals surface area (Å²) in [6, 6.07) is 8.62. The van der Waals surface area contributed by atoms with Crippen molar-refractivity contribution in [3.05, 3.63) is 46.9 Å². The third-order valence-corrected chi connectivity index (χ3v) is 7.31. The first-order valence-electron chi connectivity index (χ1n) is 11.4. The first-order valence-corrected chi connectivity index (χ1v) is 12.2. The van der Waals surface area contributed by atoms with E-state index in [0.717, 1.165) is 47.1 Å². The molecule has 1 aromatic carbocycles. The van der Waals surface area contributed by atoms with Crippen LogP contribution in [0.2, 0.25) is 0 Å². The zero-order chi connectivity index (χ0) is 20.8. The van der Waals surface area contributed by atoms with E-state index in [1.807, 2.05) is 47.4 Å². The first-order chi connectivity index (χ1) is 14.7. The summed E-state index contributed by atoms with van der Waals surface area (Å²) in [4.78, 5) is 21.2. The molecule has 1 saturated heterocycles. The zero-order valence-corrected chi connectivity index (χ0v) is 18.7. The lowest BCUT2D eigenvalue weighted by molar-refractivity contribution is -0.124. The van der Waals surface area contributed by atoms with Crippen LogP contribution in [0.25, 0.3) is 6.08 Å². The Morgan fingerprint density at radius 1 is 1.00 bits per heavy atom. The molecular weight excluding hydrogens is 392 g/mol. The number of methoxy groups -OCH3 is 1. The highest BCUT2D eigenvalue weighted by atomic mass is 32.2. The zero-order valence-electron chi connectivity index (χ0n) is 17.9. The molecule has 1 amide bonds. The van der Waals surface area contributed by atoms with Gasteiger partial charge >= 0.3 is 0 Å². The van der Waals surface area contributed by atoms with Gasteiger partial charge in [-0.1, -0.05) is 62.8 Å². The topological polar surface area (TPSA) is 41.9 Å². The second-order valence-corrected chi connectivity index (χ2v) is 9.44. The number of thioether (sulfide) groups is 1. The van der Waals surface area contributed by atoms with E-state index in [0.29, 0.717) is 12.1 Å². The molecule has 3 fully saturated rings. The van der Waals surface area contributed by atoms with Crippen LogP contribution >= 0.6 is 11.8 Å². The normalized spacial score (nSPS) is 24.4. The number of amides is 1. The molecule has 0 spiro atoms. The maximum Gasteiger partial charge on any atom is 0.266 e. The number of carbonyl (C=O) groups excluding carboxylic acids is 1. The number of rotatable bonds is 5. The van der Waals surface area contributed by atoms with Crippen LogP contribution in [0.4, 0.5) is 0 Å². The molecule has 160 valence electrons. The largest absolute Gasteiger partial charge is 0.497 e. The SMILES string of the molecule is COc1ccc(C=CC=C2SC(=NC3CCCCC3)N(C3CCCCC3)C2=O)cc1. The van der Waals surface area contributed by atoms with E-state index in [1.54, 1.807) is 18.9 Å². The van der Waals surface area contributed by atoms with Gasteiger partial charge in [-0.25, -0.2) is 0 Å². The number of allylic oxidation sites excluding steroid dienone is 2. The molecule has 0 N–H and O–H groups in total. The molecule has 0 radical (unpaired) electrons. The number of nitrogens with zero attached hydrogens (tertiary/aromatic N) is 2. The molecule has 5 heteroatoms. The molecule has 30 heavy (non-hydrogen) atoms. The predicted molar refractivity (Wildman–Crippen MR) is 126 cm³/mol. The van der Waals surface area contributed by atoms with Crippen LogP contribution in [0, 0.1) is 0 Å². The van der Waals surface area contributed by atoms with Gasteiger partial charge in [-0.15, -0.1) is 0 Å². The third-order valence-electron chi connectivity index (χ3n) is 6.30. The van der Waals surface area contributed by atoms with Crippen LogP contribution in [-0.2, 0) is 4.79 Å². The second-order valence-electron chi connectivity index (χ2n) is 8.44. The van der Waals surface area contributed by atoms with E-state index in [1.165, 1.54) is 38.5 Å². The first kappa shape index (κ1) is 21.2. The molecule has 3 aliphatic rings. The number of ether oxygens (including phenoxy) is 1. The van der Waals surface area contributed by atoms with E-state index in [4.69, 9.17) is 9.73 Å². The minimum absolute atomic E-state index is 0.140. The maximum absolute atomic E-state index is 13.3. The van der Waals surface area contributed by atoms with Gasteiger partial charge in [-0.2, -0.15) is 0 Å². The Hall–Kier alpha value is -2.01. The second kappa shape index (κ2) is 10.3. The van der Waals surface area contributed by atoms with Crippen LogP contribution in [0.15, 0.2) is 46.3 Å². The van der Waals surface area contributed by atoms with Crippen LogP contribution in [0.5, 0.6) is 5.75 Å². The van der Waals surface area contributed by atoms with Crippen LogP contribution < -0.4 is 4.74 Å². The Morgan fingerprint density at radius 3 is 2.33 bits per heavy atom. The van der Waals surface area contributed by atoms with Crippen molar-refractivity contribution >= 4 is 28.9 Å². The summed E-state index contributed by atoms with van der Waals surface area (Å²) in [5, 5.41) is 0.947. The molecule has 1 heterocycles. The number of hydrogen-bond donors (Lipinski definition) is 0. The summed E-state index contributed by atoms with van der Waals surface area (Å²) in [7, 11) is 1.67. The molecule has 0 unspecified atom stereocenters. The van der Waals surface area contributed by atoms with Crippen molar-refractivity contribution in [1.82, 2.24) is 4.90 Å². The van der Waals surface area contributed by atoms with Crippen molar-refractivity contribution in [3.63, 3.8) is 0 Å². The van der Waals surface area contributed by atoms with Gasteiger partial charge in [0.15, 0.2) is 5.17 Å². The van der Waals surface area contributed by atoms with Gasteiger partial charge in [0.05, 0.1) is 18.1 Å². The standard InChI is InChI=1S/C25H32N2O2S/c1-29-22-17-15-19(16-18-22)9-8-14-23-24(28)27(21-12-6-3-7-13-21)25(30-23)26-20-10-4-2-5-11-20/h8-9,14-18,20-21H,2-7,10-13H2,1H3. The summed E-state index contributed by atoms with van der Waals surface area (Å²) in [6.45, 7) is 0. The highest BCUT2D eigenvalue weighted by Gasteiger charge is 2.38. The fourth-order valence-corrected chi connectivity index (χ4v) is 5.64. The number of carbonyl (C=O) groups is 1. The lowest BCUT2D eigenvalue weighted by atomic mass is 9.94. The lowest BCUT2D eigenvalue weighted by Gasteiger charge is -2.31. The summed E-state index contributed by atoms with van der Waals surface area (Å²) >= 11 is 1.57. The van der Waals surface area contributed by atoms with Crippen LogP contribution in [0.1, 0.15) is 69.8 Å². The van der Waals surface area contributed by atoms with Crippen molar-refractivity contribution in [1.29, 1.82) is 0 Å².